The van der Waals surface area contributed by atoms with Gasteiger partial charge < -0.3 is 9.15 Å². The molecule has 1 aromatic carbocycles. The van der Waals surface area contributed by atoms with Crippen LogP contribution in [0.2, 0.25) is 0 Å². The van der Waals surface area contributed by atoms with Crippen LogP contribution in [0, 0.1) is 6.92 Å². The van der Waals surface area contributed by atoms with Gasteiger partial charge in [0.2, 0.25) is 0 Å². The van der Waals surface area contributed by atoms with E-state index in [0.29, 0.717) is 23.6 Å². The van der Waals surface area contributed by atoms with Crippen LogP contribution in [0.1, 0.15) is 16.1 Å². The van der Waals surface area contributed by atoms with E-state index in [2.05, 4.69) is 15.9 Å². The van der Waals surface area contributed by atoms with Crippen LogP contribution in [0.25, 0.3) is 11.3 Å². The van der Waals surface area contributed by atoms with Crippen LogP contribution in [0.15, 0.2) is 33.2 Å². The molecule has 0 saturated carbocycles. The molecule has 0 bridgehead atoms. The van der Waals surface area contributed by atoms with Crippen LogP contribution >= 0.6 is 15.9 Å². The maximum Gasteiger partial charge on any atom is 0.185 e. The van der Waals surface area contributed by atoms with Gasteiger partial charge in [-0.2, -0.15) is 0 Å². The molecule has 1 heterocycles. The van der Waals surface area contributed by atoms with Crippen molar-refractivity contribution in [3.63, 3.8) is 0 Å². The molecule has 2 aromatic rings. The summed E-state index contributed by atoms with van der Waals surface area (Å²) in [6.45, 7) is 1.98. The number of benzene rings is 1. The molecule has 0 spiro atoms. The lowest BCUT2D eigenvalue weighted by Gasteiger charge is -2.09. The number of methoxy groups -OCH3 is 1. The Morgan fingerprint density at radius 2 is 2.12 bits per heavy atom. The highest BCUT2D eigenvalue weighted by Gasteiger charge is 2.14. The summed E-state index contributed by atoms with van der Waals surface area (Å²) in [4.78, 5) is 10.6. The summed E-state index contributed by atoms with van der Waals surface area (Å²) in [7, 11) is 1.61. The number of aryl methyl sites for hydroxylation is 1. The highest BCUT2D eigenvalue weighted by atomic mass is 79.9. The van der Waals surface area contributed by atoms with Gasteiger partial charge in [0, 0.05) is 4.47 Å². The fourth-order valence-corrected chi connectivity index (χ4v) is 2.41. The second-order valence-electron chi connectivity index (χ2n) is 3.64. The van der Waals surface area contributed by atoms with Gasteiger partial charge >= 0.3 is 0 Å². The lowest BCUT2D eigenvalue weighted by atomic mass is 10.1. The highest BCUT2D eigenvalue weighted by molar-refractivity contribution is 9.10. The largest absolute Gasteiger partial charge is 0.496 e. The van der Waals surface area contributed by atoms with Crippen molar-refractivity contribution in [3.8, 4) is 17.1 Å². The third-order valence-electron chi connectivity index (χ3n) is 2.41. The van der Waals surface area contributed by atoms with E-state index >= 15 is 0 Å². The lowest BCUT2D eigenvalue weighted by Crippen LogP contribution is -1.89. The van der Waals surface area contributed by atoms with Crippen molar-refractivity contribution in [3.05, 3.63) is 40.1 Å². The minimum atomic E-state index is 0.300. The number of furan rings is 1. The summed E-state index contributed by atoms with van der Waals surface area (Å²) in [5.41, 5.74) is 1.89. The molecule has 0 amide bonds. The minimum Gasteiger partial charge on any atom is -0.496 e. The Kier molecular flexibility index (Phi) is 3.33. The number of carbonyl (C=O) groups is 1. The third-order valence-corrected chi connectivity index (χ3v) is 3.03. The summed E-state index contributed by atoms with van der Waals surface area (Å²) >= 11 is 3.48. The van der Waals surface area contributed by atoms with Gasteiger partial charge in [0.15, 0.2) is 12.0 Å². The predicted octanol–water partition coefficient (Wildman–Crippen LogP) is 3.84. The van der Waals surface area contributed by atoms with Crippen LogP contribution in [-0.2, 0) is 0 Å². The fraction of sp³-hybridized carbons (Fsp3) is 0.154. The second-order valence-corrected chi connectivity index (χ2v) is 4.50. The van der Waals surface area contributed by atoms with Gasteiger partial charge in [0.05, 0.1) is 12.7 Å². The first-order chi connectivity index (χ1) is 8.15. The summed E-state index contributed by atoms with van der Waals surface area (Å²) in [6, 6.07) is 7.28. The normalized spacial score (nSPS) is 10.3. The molecule has 0 radical (unpaired) electrons. The Bertz CT molecular complexity index is 558. The summed E-state index contributed by atoms with van der Waals surface area (Å²) in [5.74, 6) is 1.62. The van der Waals surface area contributed by atoms with Crippen molar-refractivity contribution < 1.29 is 13.9 Å². The van der Waals surface area contributed by atoms with E-state index in [1.807, 2.05) is 19.1 Å². The quantitative estimate of drug-likeness (QED) is 0.808. The van der Waals surface area contributed by atoms with E-state index in [-0.39, 0.29) is 0 Å². The number of rotatable bonds is 3. The minimum absolute atomic E-state index is 0.300. The molecule has 0 unspecified atom stereocenters. The maximum atomic E-state index is 10.6. The van der Waals surface area contributed by atoms with Crippen molar-refractivity contribution >= 4 is 22.2 Å². The predicted molar refractivity (Wildman–Crippen MR) is 68.5 cm³/mol. The van der Waals surface area contributed by atoms with E-state index < -0.39 is 0 Å². The smallest absolute Gasteiger partial charge is 0.185 e. The first-order valence-electron chi connectivity index (χ1n) is 5.05. The SMILES string of the molecule is COc1cc(C)cc(Br)c1-c1ccc(C=O)o1. The molecule has 4 heteroatoms. The average Bonchev–Trinajstić information content (AvgIpc) is 2.76. The third kappa shape index (κ3) is 2.26. The Morgan fingerprint density at radius 3 is 2.71 bits per heavy atom. The monoisotopic (exact) mass is 294 g/mol. The Morgan fingerprint density at radius 1 is 1.35 bits per heavy atom. The molecule has 2 rings (SSSR count). The van der Waals surface area contributed by atoms with Crippen molar-refractivity contribution in [1.29, 1.82) is 0 Å². The molecular formula is C13H11BrO3. The Balaban J connectivity index is 2.61. The van der Waals surface area contributed by atoms with Crippen molar-refractivity contribution in [2.24, 2.45) is 0 Å². The van der Waals surface area contributed by atoms with E-state index in [1.165, 1.54) is 0 Å². The van der Waals surface area contributed by atoms with Crippen molar-refractivity contribution in [2.75, 3.05) is 7.11 Å². The molecule has 0 N–H and O–H groups in total. The molecule has 0 fully saturated rings. The Labute approximate surface area is 108 Å². The van der Waals surface area contributed by atoms with Gasteiger partial charge in [0.1, 0.15) is 11.5 Å². The zero-order valence-electron chi connectivity index (χ0n) is 9.49. The number of aldehydes is 1. The zero-order chi connectivity index (χ0) is 12.4. The standard InChI is InChI=1S/C13H11BrO3/c1-8-5-10(14)13(12(6-8)16-2)11-4-3-9(7-15)17-11/h3-7H,1-2H3. The molecule has 17 heavy (non-hydrogen) atoms. The van der Waals surface area contributed by atoms with Crippen LogP contribution in [0.4, 0.5) is 0 Å². The van der Waals surface area contributed by atoms with Crippen LogP contribution in [-0.4, -0.2) is 13.4 Å². The zero-order valence-corrected chi connectivity index (χ0v) is 11.1. The molecule has 0 aliphatic heterocycles. The average molecular weight is 295 g/mol. The number of hydrogen-bond donors (Lipinski definition) is 0. The van der Waals surface area contributed by atoms with Crippen LogP contribution in [0.3, 0.4) is 0 Å². The first-order valence-corrected chi connectivity index (χ1v) is 5.84. The molecule has 0 atom stereocenters. The highest BCUT2D eigenvalue weighted by Crippen LogP contribution is 2.38. The van der Waals surface area contributed by atoms with Gasteiger partial charge in [-0.15, -0.1) is 0 Å². The number of hydrogen-bond acceptors (Lipinski definition) is 3. The fourth-order valence-electron chi connectivity index (χ4n) is 1.66. The maximum absolute atomic E-state index is 10.6. The molecule has 0 saturated heterocycles. The van der Waals surface area contributed by atoms with Gasteiger partial charge in [0.25, 0.3) is 0 Å². The van der Waals surface area contributed by atoms with Crippen LogP contribution < -0.4 is 4.74 Å². The van der Waals surface area contributed by atoms with Crippen molar-refractivity contribution in [1.82, 2.24) is 0 Å². The van der Waals surface area contributed by atoms with Crippen LogP contribution in [0.5, 0.6) is 5.75 Å². The van der Waals surface area contributed by atoms with Gasteiger partial charge in [-0.3, -0.25) is 4.79 Å². The number of carbonyl (C=O) groups excluding carboxylic acids is 1. The van der Waals surface area contributed by atoms with Gasteiger partial charge in [-0.05, 0) is 52.7 Å². The topological polar surface area (TPSA) is 39.4 Å². The molecule has 0 aliphatic rings. The molecular weight excluding hydrogens is 284 g/mol. The van der Waals surface area contributed by atoms with Gasteiger partial charge in [-0.25, -0.2) is 0 Å². The van der Waals surface area contributed by atoms with E-state index in [9.17, 15) is 4.79 Å². The van der Waals surface area contributed by atoms with E-state index in [1.54, 1.807) is 19.2 Å². The number of ether oxygens (including phenoxy) is 1. The molecule has 1 aromatic heterocycles. The van der Waals surface area contributed by atoms with Gasteiger partial charge in [-0.1, -0.05) is 0 Å². The summed E-state index contributed by atoms with van der Waals surface area (Å²) in [5, 5.41) is 0. The van der Waals surface area contributed by atoms with Crippen molar-refractivity contribution in [2.45, 2.75) is 6.92 Å². The molecule has 88 valence electrons. The first kappa shape index (κ1) is 11.9. The van der Waals surface area contributed by atoms with E-state index in [0.717, 1.165) is 15.6 Å². The molecule has 3 nitrogen and oxygen atoms in total. The van der Waals surface area contributed by atoms with E-state index in [4.69, 9.17) is 9.15 Å². The Hall–Kier alpha value is -1.55. The number of halogens is 1. The summed E-state index contributed by atoms with van der Waals surface area (Å²) < 4.78 is 11.6. The molecule has 0 aliphatic carbocycles. The lowest BCUT2D eigenvalue weighted by molar-refractivity contribution is 0.110. The second kappa shape index (κ2) is 4.75. The summed E-state index contributed by atoms with van der Waals surface area (Å²) in [6.07, 6.45) is 0.679.